The van der Waals surface area contributed by atoms with E-state index in [9.17, 15) is 0 Å². The second-order valence-corrected chi connectivity index (χ2v) is 11.2. The highest BCUT2D eigenvalue weighted by Crippen LogP contribution is 2.57. The summed E-state index contributed by atoms with van der Waals surface area (Å²) in [6.45, 7) is 13.8. The minimum Gasteiger partial charge on any atom is -0.310 e. The van der Waals surface area contributed by atoms with Gasteiger partial charge in [-0.2, -0.15) is 0 Å². The topological polar surface area (TPSA) is 30.7 Å². The quantitative estimate of drug-likeness (QED) is 0.779. The average molecular weight is 303 g/mol. The van der Waals surface area contributed by atoms with Crippen LogP contribution in [0.3, 0.4) is 0 Å². The van der Waals surface area contributed by atoms with Crippen LogP contribution in [0.5, 0.6) is 0 Å². The number of hydrogen-bond donors (Lipinski definition) is 0. The normalized spacial score (nSPS) is 13.0. The van der Waals surface area contributed by atoms with Gasteiger partial charge in [0.25, 0.3) is 0 Å². The first-order valence-corrected chi connectivity index (χ1v) is 8.71. The number of nitrogens with zero attached hydrogens (tertiary/aromatic N) is 3. The summed E-state index contributed by atoms with van der Waals surface area (Å²) < 4.78 is 2.18. The first kappa shape index (κ1) is 16.2. The number of benzene rings is 1. The largest absolute Gasteiger partial charge is 0.310 e. The molecule has 0 atom stereocenters. The molecule has 0 saturated heterocycles. The highest BCUT2D eigenvalue weighted by atomic mass is 31.1. The molecule has 0 aliphatic rings. The SMILES string of the molecule is Cn1c(-c2ccccc2)nnc1P(C(C)(C)C)C(C)(C)C. The molecule has 1 aromatic carbocycles. The van der Waals surface area contributed by atoms with Gasteiger partial charge in [-0.1, -0.05) is 71.9 Å². The van der Waals surface area contributed by atoms with Gasteiger partial charge in [-0.25, -0.2) is 0 Å². The Hall–Kier alpha value is -1.21. The summed E-state index contributed by atoms with van der Waals surface area (Å²) in [6.07, 6.45) is 0. The summed E-state index contributed by atoms with van der Waals surface area (Å²) in [5.41, 5.74) is 2.25. The van der Waals surface area contributed by atoms with Crippen LogP contribution in [0, 0.1) is 0 Å². The molecule has 0 spiro atoms. The minimum absolute atomic E-state index is 0.197. The van der Waals surface area contributed by atoms with E-state index in [2.05, 4.69) is 75.5 Å². The maximum atomic E-state index is 4.57. The van der Waals surface area contributed by atoms with E-state index in [1.807, 2.05) is 18.2 Å². The lowest BCUT2D eigenvalue weighted by Gasteiger charge is -2.40. The molecule has 2 rings (SSSR count). The molecule has 0 N–H and O–H groups in total. The Labute approximate surface area is 129 Å². The van der Waals surface area contributed by atoms with Crippen LogP contribution in [-0.2, 0) is 7.05 Å². The minimum atomic E-state index is -0.439. The van der Waals surface area contributed by atoms with E-state index in [0.717, 1.165) is 17.0 Å². The van der Waals surface area contributed by atoms with Gasteiger partial charge in [0, 0.05) is 12.6 Å². The number of rotatable bonds is 2. The molecule has 4 heteroatoms. The maximum absolute atomic E-state index is 4.57. The van der Waals surface area contributed by atoms with E-state index in [0.29, 0.717) is 0 Å². The van der Waals surface area contributed by atoms with Gasteiger partial charge < -0.3 is 4.57 Å². The predicted octanol–water partition coefficient (Wildman–Crippen LogP) is 4.19. The van der Waals surface area contributed by atoms with E-state index in [1.165, 1.54) is 0 Å². The molecule has 3 nitrogen and oxygen atoms in total. The molecule has 0 fully saturated rings. The number of aromatic nitrogens is 3. The van der Waals surface area contributed by atoms with Crippen molar-refractivity contribution >= 4 is 13.5 Å². The van der Waals surface area contributed by atoms with Crippen molar-refractivity contribution in [2.75, 3.05) is 0 Å². The molecule has 0 saturated carbocycles. The van der Waals surface area contributed by atoms with Crippen molar-refractivity contribution in [1.82, 2.24) is 14.8 Å². The summed E-state index contributed by atoms with van der Waals surface area (Å²) >= 11 is 0. The summed E-state index contributed by atoms with van der Waals surface area (Å²) in [6, 6.07) is 10.3. The van der Waals surface area contributed by atoms with Crippen molar-refractivity contribution in [3.63, 3.8) is 0 Å². The Morgan fingerprint density at radius 1 is 0.857 bits per heavy atom. The monoisotopic (exact) mass is 303 g/mol. The van der Waals surface area contributed by atoms with Crippen LogP contribution in [0.15, 0.2) is 30.3 Å². The van der Waals surface area contributed by atoms with Gasteiger partial charge in [0.2, 0.25) is 0 Å². The Bertz CT molecular complexity index is 589. The molecule has 114 valence electrons. The first-order valence-electron chi connectivity index (χ1n) is 7.37. The third kappa shape index (κ3) is 3.35. The Balaban J connectivity index is 2.53. The highest BCUT2D eigenvalue weighted by Gasteiger charge is 2.39. The van der Waals surface area contributed by atoms with E-state index in [1.54, 1.807) is 0 Å². The van der Waals surface area contributed by atoms with Crippen molar-refractivity contribution in [2.24, 2.45) is 7.05 Å². The van der Waals surface area contributed by atoms with E-state index in [-0.39, 0.29) is 10.3 Å². The van der Waals surface area contributed by atoms with Crippen molar-refractivity contribution < 1.29 is 0 Å². The lowest BCUT2D eigenvalue weighted by atomic mass is 10.2. The molecular weight excluding hydrogens is 277 g/mol. The molecule has 1 heterocycles. The average Bonchev–Trinajstić information content (AvgIpc) is 2.69. The molecule has 2 aromatic rings. The van der Waals surface area contributed by atoms with Crippen LogP contribution in [-0.4, -0.2) is 25.1 Å². The van der Waals surface area contributed by atoms with E-state index >= 15 is 0 Å². The fraction of sp³-hybridized carbons (Fsp3) is 0.529. The lowest BCUT2D eigenvalue weighted by Crippen LogP contribution is -2.35. The van der Waals surface area contributed by atoms with E-state index < -0.39 is 7.92 Å². The Morgan fingerprint density at radius 2 is 1.38 bits per heavy atom. The highest BCUT2D eigenvalue weighted by molar-refractivity contribution is 7.68. The Kier molecular flexibility index (Phi) is 4.26. The van der Waals surface area contributed by atoms with Crippen LogP contribution in [0.2, 0.25) is 0 Å². The molecule has 0 amide bonds. The first-order chi connectivity index (χ1) is 9.62. The molecule has 21 heavy (non-hydrogen) atoms. The molecule has 0 aliphatic heterocycles. The lowest BCUT2D eigenvalue weighted by molar-refractivity contribution is 0.709. The molecule has 0 unspecified atom stereocenters. The second-order valence-electron chi connectivity index (χ2n) is 7.43. The molecule has 0 bridgehead atoms. The molecule has 1 aromatic heterocycles. The van der Waals surface area contributed by atoms with Crippen molar-refractivity contribution in [2.45, 2.75) is 51.9 Å². The standard InChI is InChI=1S/C17H26N3P/c1-16(2,3)21(17(4,5)6)15-19-18-14(20(15)7)13-11-9-8-10-12-13/h8-12H,1-7H3. The fourth-order valence-electron chi connectivity index (χ4n) is 2.96. The van der Waals surface area contributed by atoms with Crippen molar-refractivity contribution in [3.05, 3.63) is 30.3 Å². The van der Waals surface area contributed by atoms with Crippen molar-refractivity contribution in [3.8, 4) is 11.4 Å². The van der Waals surface area contributed by atoms with Crippen LogP contribution < -0.4 is 5.57 Å². The fourth-order valence-corrected chi connectivity index (χ4v) is 6.70. The van der Waals surface area contributed by atoms with E-state index in [4.69, 9.17) is 0 Å². The third-order valence-electron chi connectivity index (χ3n) is 3.43. The van der Waals surface area contributed by atoms with Gasteiger partial charge in [-0.3, -0.25) is 0 Å². The summed E-state index contributed by atoms with van der Waals surface area (Å²) in [4.78, 5) is 0. The zero-order chi connectivity index (χ0) is 15.8. The number of hydrogen-bond acceptors (Lipinski definition) is 2. The predicted molar refractivity (Wildman–Crippen MR) is 92.5 cm³/mol. The third-order valence-corrected chi connectivity index (χ3v) is 6.90. The van der Waals surface area contributed by atoms with Crippen LogP contribution in [0.1, 0.15) is 41.5 Å². The van der Waals surface area contributed by atoms with Crippen molar-refractivity contribution in [1.29, 1.82) is 0 Å². The summed E-state index contributed by atoms with van der Waals surface area (Å²) in [7, 11) is 1.65. The van der Waals surface area contributed by atoms with Crippen LogP contribution in [0.25, 0.3) is 11.4 Å². The Morgan fingerprint density at radius 3 is 1.86 bits per heavy atom. The van der Waals surface area contributed by atoms with Gasteiger partial charge in [0.05, 0.1) is 0 Å². The maximum Gasteiger partial charge on any atom is 0.163 e. The van der Waals surface area contributed by atoms with Gasteiger partial charge >= 0.3 is 0 Å². The van der Waals surface area contributed by atoms with Gasteiger partial charge in [0.1, 0.15) is 0 Å². The van der Waals surface area contributed by atoms with Crippen LogP contribution in [0.4, 0.5) is 0 Å². The zero-order valence-electron chi connectivity index (χ0n) is 14.2. The summed E-state index contributed by atoms with van der Waals surface area (Å²) in [5, 5.41) is 9.42. The smallest absolute Gasteiger partial charge is 0.163 e. The molecule has 0 radical (unpaired) electrons. The summed E-state index contributed by atoms with van der Waals surface area (Å²) in [5.74, 6) is 0.951. The zero-order valence-corrected chi connectivity index (χ0v) is 15.1. The van der Waals surface area contributed by atoms with Gasteiger partial charge in [-0.15, -0.1) is 10.2 Å². The molecular formula is C17H26N3P. The second kappa shape index (κ2) is 5.53. The van der Waals surface area contributed by atoms with Crippen LogP contribution >= 0.6 is 7.92 Å². The van der Waals surface area contributed by atoms with Gasteiger partial charge in [-0.05, 0) is 18.2 Å². The molecule has 0 aliphatic carbocycles. The van der Waals surface area contributed by atoms with Gasteiger partial charge in [0.15, 0.2) is 11.4 Å².